The number of hydrogen-bond acceptors (Lipinski definition) is 2. The number of halogens is 3. The summed E-state index contributed by atoms with van der Waals surface area (Å²) >= 11 is 0. The van der Waals surface area contributed by atoms with Crippen molar-refractivity contribution >= 4 is 16.9 Å². The molecule has 0 aliphatic heterocycles. The number of carbonyl (C=O) groups is 1. The van der Waals surface area contributed by atoms with E-state index in [1.807, 2.05) is 25.3 Å². The van der Waals surface area contributed by atoms with Crippen molar-refractivity contribution in [3.8, 4) is 0 Å². The van der Waals surface area contributed by atoms with E-state index in [0.29, 0.717) is 36.8 Å². The van der Waals surface area contributed by atoms with Gasteiger partial charge in [0, 0.05) is 13.1 Å². The summed E-state index contributed by atoms with van der Waals surface area (Å²) in [6.07, 6.45) is 1.48. The third-order valence-electron chi connectivity index (χ3n) is 5.01. The maximum Gasteiger partial charge on any atom is 0.257 e. The molecule has 1 heterocycles. The van der Waals surface area contributed by atoms with Gasteiger partial charge in [-0.2, -0.15) is 0 Å². The topological polar surface area (TPSA) is 38.1 Å². The lowest BCUT2D eigenvalue weighted by Crippen LogP contribution is -2.34. The van der Waals surface area contributed by atoms with Crippen LogP contribution < -0.4 is 0 Å². The van der Waals surface area contributed by atoms with Gasteiger partial charge >= 0.3 is 0 Å². The summed E-state index contributed by atoms with van der Waals surface area (Å²) in [6.45, 7) is 7.08. The number of amides is 1. The summed E-state index contributed by atoms with van der Waals surface area (Å²) in [4.78, 5) is 19.0. The van der Waals surface area contributed by atoms with Gasteiger partial charge in [0.05, 0.1) is 17.6 Å². The van der Waals surface area contributed by atoms with Gasteiger partial charge in [0.15, 0.2) is 5.82 Å². The minimum atomic E-state index is -0.774. The highest BCUT2D eigenvalue weighted by atomic mass is 19.1. The van der Waals surface area contributed by atoms with Crippen LogP contribution in [0.15, 0.2) is 36.4 Å². The van der Waals surface area contributed by atoms with Crippen LogP contribution >= 0.6 is 0 Å². The molecule has 7 heteroatoms. The van der Waals surface area contributed by atoms with Crippen molar-refractivity contribution in [1.29, 1.82) is 0 Å². The molecule has 0 spiro atoms. The average Bonchev–Trinajstić information content (AvgIpc) is 3.05. The minimum Gasteiger partial charge on any atom is -0.331 e. The first-order valence-corrected chi connectivity index (χ1v) is 10.2. The molecule has 0 aliphatic carbocycles. The second kappa shape index (κ2) is 9.32. The van der Waals surface area contributed by atoms with Crippen molar-refractivity contribution in [2.45, 2.75) is 46.7 Å². The van der Waals surface area contributed by atoms with Crippen LogP contribution in [0.3, 0.4) is 0 Å². The van der Waals surface area contributed by atoms with E-state index in [1.54, 1.807) is 12.1 Å². The Labute approximate surface area is 174 Å². The van der Waals surface area contributed by atoms with Crippen molar-refractivity contribution in [2.75, 3.05) is 6.54 Å². The number of nitrogens with zero attached hydrogens (tertiary/aromatic N) is 3. The fourth-order valence-electron chi connectivity index (χ4n) is 3.42. The van der Waals surface area contributed by atoms with Crippen LogP contribution in [0.4, 0.5) is 13.2 Å². The molecule has 0 bridgehead atoms. The van der Waals surface area contributed by atoms with E-state index >= 15 is 0 Å². The highest BCUT2D eigenvalue weighted by Crippen LogP contribution is 2.22. The molecular weight excluding hydrogens is 391 g/mol. The maximum absolute atomic E-state index is 14.3. The van der Waals surface area contributed by atoms with Crippen LogP contribution in [0.2, 0.25) is 0 Å². The van der Waals surface area contributed by atoms with Crippen LogP contribution in [0.25, 0.3) is 11.0 Å². The van der Waals surface area contributed by atoms with E-state index in [2.05, 4.69) is 4.98 Å². The van der Waals surface area contributed by atoms with Crippen LogP contribution in [0, 0.1) is 23.4 Å². The Kier molecular flexibility index (Phi) is 6.80. The summed E-state index contributed by atoms with van der Waals surface area (Å²) < 4.78 is 44.1. The van der Waals surface area contributed by atoms with Crippen molar-refractivity contribution in [3.63, 3.8) is 0 Å². The van der Waals surface area contributed by atoms with Gasteiger partial charge in [0.25, 0.3) is 5.91 Å². The molecule has 1 aromatic heterocycles. The van der Waals surface area contributed by atoms with E-state index < -0.39 is 23.4 Å². The van der Waals surface area contributed by atoms with Crippen LogP contribution in [-0.4, -0.2) is 26.9 Å². The molecule has 1 amide bonds. The van der Waals surface area contributed by atoms with Gasteiger partial charge in [-0.05, 0) is 49.1 Å². The molecule has 160 valence electrons. The molecule has 0 saturated carbocycles. The van der Waals surface area contributed by atoms with Gasteiger partial charge in [-0.3, -0.25) is 4.79 Å². The molecule has 3 aromatic rings. The second-order valence-electron chi connectivity index (χ2n) is 7.82. The standard InChI is InChI=1S/C23H26F3N3O/c1-4-11-29-20-7-5-6-19(26)22(20)27-21(29)14-28(12-10-15(2)3)23(30)17-13-16(24)8-9-18(17)25/h5-9,13,15H,4,10-12,14H2,1-3H3. The number of rotatable bonds is 8. The molecule has 30 heavy (non-hydrogen) atoms. The van der Waals surface area contributed by atoms with Crippen molar-refractivity contribution < 1.29 is 18.0 Å². The molecule has 4 nitrogen and oxygen atoms in total. The minimum absolute atomic E-state index is 0.0790. The van der Waals surface area contributed by atoms with Crippen molar-refractivity contribution in [1.82, 2.24) is 14.5 Å². The second-order valence-corrected chi connectivity index (χ2v) is 7.82. The summed E-state index contributed by atoms with van der Waals surface area (Å²) in [5.41, 5.74) is 0.581. The van der Waals surface area contributed by atoms with Gasteiger partial charge < -0.3 is 9.47 Å². The largest absolute Gasteiger partial charge is 0.331 e. The lowest BCUT2D eigenvalue weighted by molar-refractivity contribution is 0.0724. The van der Waals surface area contributed by atoms with E-state index in [1.165, 1.54) is 11.0 Å². The first-order chi connectivity index (χ1) is 14.3. The van der Waals surface area contributed by atoms with Gasteiger partial charge in [-0.15, -0.1) is 0 Å². The Morgan fingerprint density at radius 3 is 2.60 bits per heavy atom. The van der Waals surface area contributed by atoms with E-state index in [9.17, 15) is 18.0 Å². The third kappa shape index (κ3) is 4.66. The van der Waals surface area contributed by atoms with Crippen LogP contribution in [0.5, 0.6) is 0 Å². The first-order valence-electron chi connectivity index (χ1n) is 10.2. The predicted molar refractivity (Wildman–Crippen MR) is 111 cm³/mol. The van der Waals surface area contributed by atoms with E-state index in [4.69, 9.17) is 0 Å². The summed E-state index contributed by atoms with van der Waals surface area (Å²) in [7, 11) is 0. The summed E-state index contributed by atoms with van der Waals surface area (Å²) in [6, 6.07) is 7.60. The van der Waals surface area contributed by atoms with Gasteiger partial charge in [0.2, 0.25) is 0 Å². The lowest BCUT2D eigenvalue weighted by Gasteiger charge is -2.24. The van der Waals surface area contributed by atoms with Crippen molar-refractivity contribution in [2.24, 2.45) is 5.92 Å². The zero-order valence-corrected chi connectivity index (χ0v) is 17.5. The molecule has 3 rings (SSSR count). The molecule has 0 radical (unpaired) electrons. The summed E-state index contributed by atoms with van der Waals surface area (Å²) in [5.74, 6) is -1.66. The number of aromatic nitrogens is 2. The molecule has 0 unspecified atom stereocenters. The SMILES string of the molecule is CCCn1c(CN(CCC(C)C)C(=O)c2cc(F)ccc2F)nc2c(F)cccc21. The molecule has 0 saturated heterocycles. The van der Waals surface area contributed by atoms with E-state index in [0.717, 1.165) is 24.6 Å². The smallest absolute Gasteiger partial charge is 0.257 e. The zero-order chi connectivity index (χ0) is 21.8. The molecule has 0 aliphatic rings. The van der Waals surface area contributed by atoms with E-state index in [-0.39, 0.29) is 17.6 Å². The first kappa shape index (κ1) is 21.9. The fourth-order valence-corrected chi connectivity index (χ4v) is 3.42. The number of aryl methyl sites for hydroxylation is 1. The average molecular weight is 417 g/mol. The number of carbonyl (C=O) groups excluding carboxylic acids is 1. The molecular formula is C23H26F3N3O. The Balaban J connectivity index is 2.01. The Bertz CT molecular complexity index is 1050. The van der Waals surface area contributed by atoms with Gasteiger partial charge in [-0.1, -0.05) is 26.8 Å². The van der Waals surface area contributed by atoms with Gasteiger partial charge in [0.1, 0.15) is 23.0 Å². The lowest BCUT2D eigenvalue weighted by atomic mass is 10.1. The number of fused-ring (bicyclic) bond motifs is 1. The number of para-hydroxylation sites is 1. The normalized spacial score (nSPS) is 11.4. The molecule has 0 fully saturated rings. The highest BCUT2D eigenvalue weighted by Gasteiger charge is 2.23. The quantitative estimate of drug-likeness (QED) is 0.482. The Hall–Kier alpha value is -2.83. The number of hydrogen-bond donors (Lipinski definition) is 0. The Morgan fingerprint density at radius 2 is 1.90 bits per heavy atom. The highest BCUT2D eigenvalue weighted by molar-refractivity contribution is 5.94. The number of imidazole rings is 1. The monoisotopic (exact) mass is 417 g/mol. The third-order valence-corrected chi connectivity index (χ3v) is 5.01. The van der Waals surface area contributed by atoms with Crippen LogP contribution in [-0.2, 0) is 13.1 Å². The van der Waals surface area contributed by atoms with Crippen LogP contribution in [0.1, 0.15) is 49.8 Å². The number of benzene rings is 2. The summed E-state index contributed by atoms with van der Waals surface area (Å²) in [5, 5.41) is 0. The predicted octanol–water partition coefficient (Wildman–Crippen LogP) is 5.55. The molecule has 2 aromatic carbocycles. The maximum atomic E-state index is 14.3. The zero-order valence-electron chi connectivity index (χ0n) is 17.5. The van der Waals surface area contributed by atoms with Gasteiger partial charge in [-0.25, -0.2) is 18.2 Å². The molecule has 0 atom stereocenters. The molecule has 0 N–H and O–H groups in total. The Morgan fingerprint density at radius 1 is 1.13 bits per heavy atom. The van der Waals surface area contributed by atoms with Crippen molar-refractivity contribution in [3.05, 3.63) is 65.2 Å². The fraction of sp³-hybridized carbons (Fsp3) is 0.391.